The van der Waals surface area contributed by atoms with E-state index in [1.165, 1.54) is 24.3 Å². The molecule has 1 fully saturated rings. The van der Waals surface area contributed by atoms with Gasteiger partial charge in [-0.3, -0.25) is 4.79 Å². The normalized spacial score (nSPS) is 14.5. The number of carbonyl (C=O) groups is 1. The fourth-order valence-electron chi connectivity index (χ4n) is 3.03. The van der Waals surface area contributed by atoms with Gasteiger partial charge >= 0.3 is 0 Å². The summed E-state index contributed by atoms with van der Waals surface area (Å²) in [5.74, 6) is 0.00591. The molecule has 0 unspecified atom stereocenters. The number of nitrogens with zero attached hydrogens (tertiary/aromatic N) is 2. The number of ether oxygens (including phenoxy) is 1. The van der Waals surface area contributed by atoms with Gasteiger partial charge in [-0.25, -0.2) is 8.42 Å². The van der Waals surface area contributed by atoms with Crippen LogP contribution in [0.3, 0.4) is 0 Å². The second kappa shape index (κ2) is 9.84. The van der Waals surface area contributed by atoms with Crippen molar-refractivity contribution in [3.05, 3.63) is 58.6 Å². The van der Waals surface area contributed by atoms with E-state index in [-0.39, 0.29) is 32.6 Å². The molecule has 1 saturated heterocycles. The van der Waals surface area contributed by atoms with Crippen LogP contribution in [-0.2, 0) is 19.4 Å². The number of carbonyl (C=O) groups excluding carboxylic acids is 1. The van der Waals surface area contributed by atoms with E-state index in [0.717, 1.165) is 11.8 Å². The van der Waals surface area contributed by atoms with E-state index in [4.69, 9.17) is 32.4 Å². The lowest BCUT2D eigenvalue weighted by molar-refractivity contribution is -0.132. The van der Waals surface area contributed by atoms with Crippen LogP contribution in [0.5, 0.6) is 0 Å². The smallest absolute Gasteiger partial charge is 0.233 e. The number of oxazole rings is 1. The van der Waals surface area contributed by atoms with Gasteiger partial charge in [0.1, 0.15) is 0 Å². The highest BCUT2D eigenvalue weighted by atomic mass is 35.5. The monoisotopic (exact) mass is 512 g/mol. The minimum absolute atomic E-state index is 0.0123. The van der Waals surface area contributed by atoms with Crippen LogP contribution in [0.25, 0.3) is 11.5 Å². The zero-order chi connectivity index (χ0) is 22.7. The summed E-state index contributed by atoms with van der Waals surface area (Å²) in [4.78, 5) is 18.5. The van der Waals surface area contributed by atoms with Gasteiger partial charge in [0.25, 0.3) is 0 Å². The zero-order valence-corrected chi connectivity index (χ0v) is 19.8. The van der Waals surface area contributed by atoms with E-state index in [2.05, 4.69) is 4.98 Å². The molecule has 0 saturated carbocycles. The quantitative estimate of drug-likeness (QED) is 0.451. The highest BCUT2D eigenvalue weighted by molar-refractivity contribution is 8.00. The van der Waals surface area contributed by atoms with Crippen molar-refractivity contribution in [2.75, 3.05) is 32.1 Å². The number of sulfone groups is 1. The largest absolute Gasteiger partial charge is 0.428 e. The van der Waals surface area contributed by atoms with Gasteiger partial charge in [-0.2, -0.15) is 4.98 Å². The fourth-order valence-corrected chi connectivity index (χ4v) is 5.71. The van der Waals surface area contributed by atoms with Gasteiger partial charge < -0.3 is 14.1 Å². The Bertz CT molecular complexity index is 1210. The van der Waals surface area contributed by atoms with Crippen molar-refractivity contribution in [1.29, 1.82) is 0 Å². The number of morpholine rings is 1. The number of hydrogen-bond acceptors (Lipinski definition) is 7. The summed E-state index contributed by atoms with van der Waals surface area (Å²) in [5, 5.41) is 0.743. The lowest BCUT2D eigenvalue weighted by atomic mass is 10.2. The van der Waals surface area contributed by atoms with Crippen molar-refractivity contribution in [1.82, 2.24) is 9.88 Å². The maximum atomic E-state index is 13.3. The van der Waals surface area contributed by atoms with E-state index in [1.54, 1.807) is 29.2 Å². The molecule has 0 N–H and O–H groups in total. The van der Waals surface area contributed by atoms with Crippen LogP contribution in [-0.4, -0.2) is 56.3 Å². The molecule has 4 rings (SSSR count). The minimum atomic E-state index is -4.01. The summed E-state index contributed by atoms with van der Waals surface area (Å²) in [6, 6.07) is 12.5. The molecular weight excluding hydrogens is 495 g/mol. The summed E-state index contributed by atoms with van der Waals surface area (Å²) in [5.41, 5.74) is 0.563. The van der Waals surface area contributed by atoms with E-state index in [9.17, 15) is 13.2 Å². The number of hydrogen-bond donors (Lipinski definition) is 0. The molecule has 11 heteroatoms. The second-order valence-electron chi connectivity index (χ2n) is 6.86. The molecule has 1 aromatic heterocycles. The van der Waals surface area contributed by atoms with Gasteiger partial charge in [0.15, 0.2) is 0 Å². The summed E-state index contributed by atoms with van der Waals surface area (Å²) in [7, 11) is -4.01. The van der Waals surface area contributed by atoms with Crippen LogP contribution in [0.2, 0.25) is 10.0 Å². The first-order valence-corrected chi connectivity index (χ1v) is 12.8. The third-order valence-corrected chi connectivity index (χ3v) is 7.97. The fraction of sp³-hybridized carbons (Fsp3) is 0.238. The Balaban J connectivity index is 1.67. The van der Waals surface area contributed by atoms with E-state index >= 15 is 0 Å². The summed E-state index contributed by atoms with van der Waals surface area (Å²) in [6.45, 7) is 1.97. The molecule has 0 bridgehead atoms. The van der Waals surface area contributed by atoms with Gasteiger partial charge in [0, 0.05) is 28.7 Å². The predicted molar refractivity (Wildman–Crippen MR) is 122 cm³/mol. The van der Waals surface area contributed by atoms with E-state index < -0.39 is 9.84 Å². The topological polar surface area (TPSA) is 89.7 Å². The standard InChI is InChI=1S/C21H18Cl2N2O5S2/c22-15-3-1-14(2-4-15)19-24-20(32(27,28)17-7-5-16(23)6-8-17)21(30-19)31-13-18(26)25-9-11-29-12-10-25/h1-8H,9-13H2. The highest BCUT2D eigenvalue weighted by Crippen LogP contribution is 2.35. The summed E-state index contributed by atoms with van der Waals surface area (Å²) < 4.78 is 37.7. The van der Waals surface area contributed by atoms with Crippen LogP contribution < -0.4 is 0 Å². The Labute approximate surface area is 199 Å². The molecule has 32 heavy (non-hydrogen) atoms. The van der Waals surface area contributed by atoms with Gasteiger partial charge in [-0.1, -0.05) is 35.0 Å². The van der Waals surface area contributed by atoms with Crippen molar-refractivity contribution in [3.63, 3.8) is 0 Å². The molecule has 0 radical (unpaired) electrons. The second-order valence-corrected chi connectivity index (χ2v) is 10.5. The number of thioether (sulfide) groups is 1. The molecule has 168 valence electrons. The van der Waals surface area contributed by atoms with Gasteiger partial charge in [-0.05, 0) is 48.5 Å². The number of aromatic nitrogens is 1. The van der Waals surface area contributed by atoms with Crippen molar-refractivity contribution in [2.24, 2.45) is 0 Å². The molecule has 0 aliphatic carbocycles. The van der Waals surface area contributed by atoms with Crippen molar-refractivity contribution < 1.29 is 22.4 Å². The first-order chi connectivity index (χ1) is 15.3. The molecule has 3 aromatic rings. The number of halogens is 2. The van der Waals surface area contributed by atoms with Crippen LogP contribution in [0.1, 0.15) is 0 Å². The molecule has 7 nitrogen and oxygen atoms in total. The first-order valence-electron chi connectivity index (χ1n) is 9.60. The van der Waals surface area contributed by atoms with Crippen molar-refractivity contribution in [2.45, 2.75) is 15.0 Å². The SMILES string of the molecule is O=C(CSc1oc(-c2ccc(Cl)cc2)nc1S(=O)(=O)c1ccc(Cl)cc1)N1CCOCC1. The molecule has 2 heterocycles. The van der Waals surface area contributed by atoms with Crippen molar-refractivity contribution >= 4 is 50.7 Å². The zero-order valence-electron chi connectivity index (χ0n) is 16.7. The Morgan fingerprint density at radius 3 is 2.22 bits per heavy atom. The van der Waals surface area contributed by atoms with E-state index in [1.807, 2.05) is 0 Å². The lowest BCUT2D eigenvalue weighted by Gasteiger charge is -2.26. The Kier molecular flexibility index (Phi) is 7.11. The molecule has 2 aromatic carbocycles. The molecular formula is C21H18Cl2N2O5S2. The van der Waals surface area contributed by atoms with Gasteiger partial charge in [0.2, 0.25) is 31.8 Å². The molecule has 1 aliphatic rings. The molecule has 0 spiro atoms. The lowest BCUT2D eigenvalue weighted by Crippen LogP contribution is -2.41. The number of amides is 1. The summed E-state index contributed by atoms with van der Waals surface area (Å²) >= 11 is 12.8. The maximum Gasteiger partial charge on any atom is 0.233 e. The van der Waals surface area contributed by atoms with Gasteiger partial charge in [0.05, 0.1) is 23.9 Å². The average molecular weight is 513 g/mol. The number of rotatable bonds is 6. The molecule has 1 aliphatic heterocycles. The van der Waals surface area contributed by atoms with Crippen LogP contribution in [0, 0.1) is 0 Å². The van der Waals surface area contributed by atoms with E-state index in [0.29, 0.717) is 41.9 Å². The molecule has 0 atom stereocenters. The Morgan fingerprint density at radius 2 is 1.59 bits per heavy atom. The van der Waals surface area contributed by atoms with Crippen LogP contribution in [0.4, 0.5) is 0 Å². The van der Waals surface area contributed by atoms with Crippen LogP contribution >= 0.6 is 35.0 Å². The third kappa shape index (κ3) is 5.13. The predicted octanol–water partition coefficient (Wildman–Crippen LogP) is 4.43. The average Bonchev–Trinajstić information content (AvgIpc) is 3.24. The first kappa shape index (κ1) is 23.1. The highest BCUT2D eigenvalue weighted by Gasteiger charge is 2.30. The summed E-state index contributed by atoms with van der Waals surface area (Å²) in [6.07, 6.45) is 0. The van der Waals surface area contributed by atoms with Crippen LogP contribution in [0.15, 0.2) is 68.0 Å². The Morgan fingerprint density at radius 1 is 1.00 bits per heavy atom. The third-order valence-electron chi connectivity index (χ3n) is 4.73. The maximum absolute atomic E-state index is 13.3. The Hall–Kier alpha value is -2.04. The number of benzene rings is 2. The van der Waals surface area contributed by atoms with Gasteiger partial charge in [-0.15, -0.1) is 0 Å². The van der Waals surface area contributed by atoms with Crippen molar-refractivity contribution in [3.8, 4) is 11.5 Å². The minimum Gasteiger partial charge on any atom is -0.428 e. The molecule has 1 amide bonds.